The summed E-state index contributed by atoms with van der Waals surface area (Å²) in [5.41, 5.74) is 0.312. The van der Waals surface area contributed by atoms with Crippen molar-refractivity contribution in [2.24, 2.45) is 0 Å². The van der Waals surface area contributed by atoms with Crippen molar-refractivity contribution in [3.05, 3.63) is 24.8 Å². The van der Waals surface area contributed by atoms with Crippen molar-refractivity contribution in [1.82, 2.24) is 0 Å². The van der Waals surface area contributed by atoms with Crippen LogP contribution < -0.4 is 4.74 Å². The van der Waals surface area contributed by atoms with Crippen molar-refractivity contribution < 1.29 is 45.6 Å². The van der Waals surface area contributed by atoms with Crippen LogP contribution in [0.2, 0.25) is 0 Å². The molecule has 14 heteroatoms. The van der Waals surface area contributed by atoms with Crippen LogP contribution in [-0.4, -0.2) is 52.6 Å². The second-order valence-electron chi connectivity index (χ2n) is 6.58. The fourth-order valence-electron chi connectivity index (χ4n) is 3.46. The van der Waals surface area contributed by atoms with Gasteiger partial charge in [-0.2, -0.15) is 17.2 Å². The van der Waals surface area contributed by atoms with Gasteiger partial charge in [0.25, 0.3) is 5.79 Å². The summed E-state index contributed by atoms with van der Waals surface area (Å²) in [5.74, 6) is -3.87. The van der Waals surface area contributed by atoms with Gasteiger partial charge in [-0.25, -0.2) is 9.59 Å². The van der Waals surface area contributed by atoms with E-state index in [0.717, 1.165) is 3.57 Å². The Hall–Kier alpha value is -0.460. The molecule has 0 saturated carbocycles. The summed E-state index contributed by atoms with van der Waals surface area (Å²) in [6, 6.07) is 3.44. The van der Waals surface area contributed by atoms with Crippen LogP contribution >= 0.6 is 56.9 Å². The Labute approximate surface area is 194 Å². The van der Waals surface area contributed by atoms with Gasteiger partial charge in [-0.15, -0.1) is 11.8 Å². The van der Waals surface area contributed by atoms with E-state index in [-0.39, 0.29) is 12.8 Å². The molecule has 2 fully saturated rings. The van der Waals surface area contributed by atoms with Crippen molar-refractivity contribution in [3.8, 4) is 5.75 Å². The maximum absolute atomic E-state index is 13.4. The van der Waals surface area contributed by atoms with Crippen molar-refractivity contribution in [2.75, 3.05) is 0 Å². The first-order valence-corrected chi connectivity index (χ1v) is 12.5. The maximum atomic E-state index is 13.4. The molecule has 1 N–H and O–H groups in total. The summed E-state index contributed by atoms with van der Waals surface area (Å²) in [5, 5.41) is -6.10. The number of ether oxygens (including phenoxy) is 3. The zero-order chi connectivity index (χ0) is 21.4. The molecule has 2 bridgehead atoms. The number of benzene rings is 1. The maximum Gasteiger partial charge on any atom is 0.465 e. The number of carbonyl (C=O) groups excluding carboxylic acids is 2. The first kappa shape index (κ1) is 21.8. The number of halogens is 4. The standard InChI is InChI=1S/C15H10F2I2O8S2/c16-15(17,29(22,23)24)13(21)25-7-3-9-14(4-8(7)28-9)26-6-2-1-5(18)11(19)10(6)12(20)27-14/h1-2,7-9H,3-4H2,(H,22,23,24). The normalized spacial score (nSPS) is 30.7. The molecule has 3 heterocycles. The number of alkyl halides is 2. The SMILES string of the molecule is O=C1OC2(CC3SC2CC3OC(=O)C(F)(F)S(=O)(=O)O)Oc2ccc(I)c(I)c21. The van der Waals surface area contributed by atoms with Gasteiger partial charge in [-0.1, -0.05) is 0 Å². The van der Waals surface area contributed by atoms with Gasteiger partial charge < -0.3 is 14.2 Å². The summed E-state index contributed by atoms with van der Waals surface area (Å²) in [6.45, 7) is 0. The summed E-state index contributed by atoms with van der Waals surface area (Å²) in [7, 11) is -5.94. The Balaban J connectivity index is 1.52. The third-order valence-corrected chi connectivity index (χ3v) is 10.4. The van der Waals surface area contributed by atoms with Crippen LogP contribution in [0.3, 0.4) is 0 Å². The fourth-order valence-corrected chi connectivity index (χ4v) is 6.63. The number of rotatable bonds is 3. The molecule has 1 aromatic rings. The van der Waals surface area contributed by atoms with E-state index in [2.05, 4.69) is 27.3 Å². The summed E-state index contributed by atoms with van der Waals surface area (Å²) < 4.78 is 74.6. The lowest BCUT2D eigenvalue weighted by atomic mass is 9.90. The van der Waals surface area contributed by atoms with Gasteiger partial charge in [0.05, 0.1) is 5.25 Å². The van der Waals surface area contributed by atoms with E-state index in [1.54, 1.807) is 12.1 Å². The molecule has 4 unspecified atom stereocenters. The Morgan fingerprint density at radius 2 is 2.03 bits per heavy atom. The van der Waals surface area contributed by atoms with E-state index in [4.69, 9.17) is 14.0 Å². The lowest BCUT2D eigenvalue weighted by Crippen LogP contribution is -2.54. The van der Waals surface area contributed by atoms with E-state index in [9.17, 15) is 26.8 Å². The quantitative estimate of drug-likeness (QED) is 0.294. The average Bonchev–Trinajstić information content (AvgIpc) is 3.14. The van der Waals surface area contributed by atoms with E-state index in [1.807, 2.05) is 22.6 Å². The smallest absolute Gasteiger partial charge is 0.456 e. The number of fused-ring (bicyclic) bond motifs is 4. The van der Waals surface area contributed by atoms with E-state index in [1.165, 1.54) is 11.8 Å². The first-order valence-electron chi connectivity index (χ1n) is 7.97. The van der Waals surface area contributed by atoms with Crippen LogP contribution in [0.5, 0.6) is 5.75 Å². The average molecular weight is 674 g/mol. The molecular formula is C15H10F2I2O8S2. The summed E-state index contributed by atoms with van der Waals surface area (Å²) in [4.78, 5) is 24.2. The molecule has 1 spiro atoms. The highest BCUT2D eigenvalue weighted by Crippen LogP contribution is 2.57. The molecule has 8 nitrogen and oxygen atoms in total. The Morgan fingerprint density at radius 3 is 2.62 bits per heavy atom. The van der Waals surface area contributed by atoms with Crippen LogP contribution in [0.25, 0.3) is 0 Å². The van der Waals surface area contributed by atoms with Crippen molar-refractivity contribution in [1.29, 1.82) is 0 Å². The van der Waals surface area contributed by atoms with Gasteiger partial charge in [0.1, 0.15) is 17.4 Å². The van der Waals surface area contributed by atoms with Gasteiger partial charge in [0, 0.05) is 25.2 Å². The molecule has 2 saturated heterocycles. The van der Waals surface area contributed by atoms with Crippen LogP contribution in [-0.2, 0) is 24.4 Å². The van der Waals surface area contributed by atoms with E-state index >= 15 is 0 Å². The Morgan fingerprint density at radius 1 is 1.34 bits per heavy atom. The summed E-state index contributed by atoms with van der Waals surface area (Å²) >= 11 is 5.34. The number of esters is 2. The minimum atomic E-state index is -5.94. The Bertz CT molecular complexity index is 1030. The molecule has 0 aliphatic carbocycles. The lowest BCUT2D eigenvalue weighted by molar-refractivity contribution is -0.185. The van der Waals surface area contributed by atoms with Crippen LogP contribution in [0.1, 0.15) is 23.2 Å². The molecule has 0 radical (unpaired) electrons. The third kappa shape index (κ3) is 3.41. The predicted octanol–water partition coefficient (Wildman–Crippen LogP) is 2.81. The fraction of sp³-hybridized carbons (Fsp3) is 0.467. The Kier molecular flexibility index (Phi) is 5.27. The molecule has 4 rings (SSSR count). The highest BCUT2D eigenvalue weighted by atomic mass is 127. The van der Waals surface area contributed by atoms with Gasteiger partial charge in [-0.3, -0.25) is 4.55 Å². The van der Waals surface area contributed by atoms with Gasteiger partial charge >= 0.3 is 27.3 Å². The molecule has 1 aromatic carbocycles. The number of thioether (sulfide) groups is 1. The molecule has 3 aliphatic rings. The number of carbonyl (C=O) groups is 2. The van der Waals surface area contributed by atoms with Gasteiger partial charge in [0.2, 0.25) is 0 Å². The molecular weight excluding hydrogens is 664 g/mol. The molecule has 158 valence electrons. The van der Waals surface area contributed by atoms with Gasteiger partial charge in [-0.05, 0) is 57.3 Å². The highest BCUT2D eigenvalue weighted by Gasteiger charge is 2.65. The second kappa shape index (κ2) is 7.03. The topological polar surface area (TPSA) is 116 Å². The largest absolute Gasteiger partial charge is 0.465 e. The molecule has 4 atom stereocenters. The van der Waals surface area contributed by atoms with Crippen LogP contribution in [0, 0.1) is 7.14 Å². The van der Waals surface area contributed by atoms with Crippen molar-refractivity contribution >= 4 is 79.0 Å². The first-order chi connectivity index (χ1) is 13.4. The molecule has 3 aliphatic heterocycles. The predicted molar refractivity (Wildman–Crippen MR) is 111 cm³/mol. The molecule has 29 heavy (non-hydrogen) atoms. The number of hydrogen-bond donors (Lipinski definition) is 1. The highest BCUT2D eigenvalue weighted by molar-refractivity contribution is 14.1. The van der Waals surface area contributed by atoms with E-state index < -0.39 is 49.7 Å². The van der Waals surface area contributed by atoms with Crippen molar-refractivity contribution in [2.45, 2.75) is 40.5 Å². The van der Waals surface area contributed by atoms with Crippen LogP contribution in [0.15, 0.2) is 12.1 Å². The second-order valence-corrected chi connectivity index (χ2v) is 11.7. The van der Waals surface area contributed by atoms with Crippen LogP contribution in [0.4, 0.5) is 8.78 Å². The zero-order valence-corrected chi connectivity index (χ0v) is 19.9. The number of hydrogen-bond acceptors (Lipinski definition) is 8. The minimum Gasteiger partial charge on any atom is -0.456 e. The molecule has 0 amide bonds. The zero-order valence-electron chi connectivity index (χ0n) is 13.9. The van der Waals surface area contributed by atoms with Gasteiger partial charge in [0.15, 0.2) is 0 Å². The van der Waals surface area contributed by atoms with E-state index in [0.29, 0.717) is 14.9 Å². The monoisotopic (exact) mass is 674 g/mol. The summed E-state index contributed by atoms with van der Waals surface area (Å²) in [6.07, 6.45) is -0.936. The van der Waals surface area contributed by atoms with Crippen molar-refractivity contribution in [3.63, 3.8) is 0 Å². The third-order valence-electron chi connectivity index (χ3n) is 4.81. The molecule has 0 aromatic heterocycles. The lowest BCUT2D eigenvalue weighted by Gasteiger charge is -2.41. The minimum absolute atomic E-state index is 0.0205.